The van der Waals surface area contributed by atoms with Crippen LogP contribution in [0.15, 0.2) is 121 Å². The van der Waals surface area contributed by atoms with Crippen molar-refractivity contribution >= 4 is 11.8 Å². The number of hydrogen-bond donors (Lipinski definition) is 1. The van der Waals surface area contributed by atoms with Gasteiger partial charge >= 0.3 is 12.1 Å². The highest BCUT2D eigenvalue weighted by Gasteiger charge is 2.60. The van der Waals surface area contributed by atoms with Crippen LogP contribution in [0.4, 0.5) is 13.2 Å². The number of halogens is 3. The predicted octanol–water partition coefficient (Wildman–Crippen LogP) is 7.02. The number of nitrogens with zero attached hydrogens (tertiary/aromatic N) is 1. The van der Waals surface area contributed by atoms with Gasteiger partial charge < -0.3 is 29.2 Å². The third-order valence-corrected chi connectivity index (χ3v) is 8.49. The SMILES string of the molecule is CC(C)(C)NC(=O)[C@@H]1[C@H](OCc2ccccc2)[C@@H](OCc2ccccc2)[C@@H](OCc2ccccc2)[C@@H](COCc2ccccc2)N1C(=O)C(F)(F)F. The molecule has 2 amide bonds. The lowest BCUT2D eigenvalue weighted by Gasteiger charge is -2.52. The smallest absolute Gasteiger partial charge is 0.375 e. The Morgan fingerprint density at radius 1 is 0.596 bits per heavy atom. The second kappa shape index (κ2) is 17.8. The number of carbonyl (C=O) groups is 2. The van der Waals surface area contributed by atoms with Crippen LogP contribution in [0, 0.1) is 0 Å². The average Bonchev–Trinajstić information content (AvgIpc) is 3.12. The van der Waals surface area contributed by atoms with E-state index in [9.17, 15) is 22.8 Å². The van der Waals surface area contributed by atoms with Gasteiger partial charge in [-0.3, -0.25) is 9.59 Å². The molecule has 0 aromatic heterocycles. The summed E-state index contributed by atoms with van der Waals surface area (Å²) in [5.74, 6) is -3.04. The molecule has 1 N–H and O–H groups in total. The van der Waals surface area contributed by atoms with E-state index in [0.29, 0.717) is 10.5 Å². The summed E-state index contributed by atoms with van der Waals surface area (Å²) in [5.41, 5.74) is 2.15. The predicted molar refractivity (Wildman–Crippen MR) is 190 cm³/mol. The molecular formula is C41H45F3N2O6. The van der Waals surface area contributed by atoms with Crippen LogP contribution >= 0.6 is 0 Å². The number of nitrogens with one attached hydrogen (secondary N) is 1. The summed E-state index contributed by atoms with van der Waals surface area (Å²) in [7, 11) is 0. The minimum absolute atomic E-state index is 0.0236. The van der Waals surface area contributed by atoms with Crippen molar-refractivity contribution in [3.05, 3.63) is 144 Å². The molecule has 0 unspecified atom stereocenters. The van der Waals surface area contributed by atoms with E-state index in [1.807, 2.05) is 97.1 Å². The Labute approximate surface area is 302 Å². The molecule has 5 atom stereocenters. The fourth-order valence-corrected chi connectivity index (χ4v) is 6.18. The number of hydrogen-bond acceptors (Lipinski definition) is 6. The zero-order chi connectivity index (χ0) is 37.1. The van der Waals surface area contributed by atoms with Gasteiger partial charge in [-0.2, -0.15) is 13.2 Å². The summed E-state index contributed by atoms with van der Waals surface area (Å²) in [4.78, 5) is 28.6. The molecule has 0 radical (unpaired) electrons. The molecule has 0 saturated carbocycles. The molecule has 8 nitrogen and oxygen atoms in total. The maximum atomic E-state index is 14.7. The van der Waals surface area contributed by atoms with Gasteiger partial charge in [-0.1, -0.05) is 121 Å². The second-order valence-corrected chi connectivity index (χ2v) is 13.7. The van der Waals surface area contributed by atoms with E-state index in [1.165, 1.54) is 0 Å². The van der Waals surface area contributed by atoms with Gasteiger partial charge in [-0.05, 0) is 43.0 Å². The maximum Gasteiger partial charge on any atom is 0.471 e. The van der Waals surface area contributed by atoms with Gasteiger partial charge in [0, 0.05) is 5.54 Å². The van der Waals surface area contributed by atoms with Crippen LogP contribution in [0.25, 0.3) is 0 Å². The summed E-state index contributed by atoms with van der Waals surface area (Å²) in [6, 6.07) is 33.3. The Bertz CT molecular complexity index is 1690. The number of ether oxygens (including phenoxy) is 4. The van der Waals surface area contributed by atoms with E-state index >= 15 is 0 Å². The standard InChI is InChI=1S/C41H45F3N2O6/c1-40(2,3)45-38(47)34-36(51-26-31-20-12-6-13-21-31)37(52-27-32-22-14-7-15-23-32)35(50-25-30-18-10-5-11-19-30)33(46(34)39(48)41(42,43)44)28-49-24-29-16-8-4-9-17-29/h4-23,33-37H,24-28H2,1-3H3,(H,45,47)/t33-,34+,35+,36+,37+/m1/s1. The molecule has 1 fully saturated rings. The van der Waals surface area contributed by atoms with Gasteiger partial charge in [0.1, 0.15) is 24.4 Å². The van der Waals surface area contributed by atoms with Crippen LogP contribution in [0.1, 0.15) is 43.0 Å². The third kappa shape index (κ3) is 10.7. The summed E-state index contributed by atoms with van der Waals surface area (Å²) >= 11 is 0. The first-order chi connectivity index (χ1) is 24.9. The van der Waals surface area contributed by atoms with Crippen molar-refractivity contribution < 1.29 is 41.7 Å². The van der Waals surface area contributed by atoms with E-state index in [1.54, 1.807) is 45.0 Å². The second-order valence-electron chi connectivity index (χ2n) is 13.7. The van der Waals surface area contributed by atoms with E-state index in [-0.39, 0.29) is 26.4 Å². The van der Waals surface area contributed by atoms with Gasteiger partial charge in [0.15, 0.2) is 0 Å². The molecule has 4 aromatic carbocycles. The van der Waals surface area contributed by atoms with Crippen LogP contribution < -0.4 is 5.32 Å². The summed E-state index contributed by atoms with van der Waals surface area (Å²) in [6.45, 7) is 4.69. The zero-order valence-corrected chi connectivity index (χ0v) is 29.5. The molecule has 1 aliphatic heterocycles. The largest absolute Gasteiger partial charge is 0.471 e. The van der Waals surface area contributed by atoms with Crippen molar-refractivity contribution in [1.29, 1.82) is 0 Å². The number of piperidine rings is 1. The minimum atomic E-state index is -5.34. The number of likely N-dealkylation sites (tertiary alicyclic amines) is 1. The Hall–Kier alpha value is -4.55. The van der Waals surface area contributed by atoms with E-state index in [2.05, 4.69) is 5.32 Å². The fraction of sp³-hybridized carbons (Fsp3) is 0.366. The van der Waals surface area contributed by atoms with Crippen LogP contribution in [-0.4, -0.2) is 65.4 Å². The first-order valence-electron chi connectivity index (χ1n) is 17.2. The van der Waals surface area contributed by atoms with Crippen molar-refractivity contribution in [1.82, 2.24) is 10.2 Å². The van der Waals surface area contributed by atoms with Gasteiger partial charge in [-0.25, -0.2) is 0 Å². The molecule has 1 saturated heterocycles. The summed E-state index contributed by atoms with van der Waals surface area (Å²) in [6.07, 6.45) is -9.11. The Balaban J connectivity index is 1.64. The number of rotatable bonds is 14. The molecule has 1 aliphatic rings. The lowest BCUT2D eigenvalue weighted by molar-refractivity contribution is -0.241. The number of carbonyl (C=O) groups excluding carboxylic acids is 2. The highest BCUT2D eigenvalue weighted by atomic mass is 19.4. The first kappa shape index (κ1) is 38.7. The minimum Gasteiger partial charge on any atom is -0.375 e. The quantitative estimate of drug-likeness (QED) is 0.151. The highest BCUT2D eigenvalue weighted by Crippen LogP contribution is 2.36. The van der Waals surface area contributed by atoms with Gasteiger partial charge in [0.05, 0.1) is 39.1 Å². The molecule has 0 spiro atoms. The fourth-order valence-electron chi connectivity index (χ4n) is 6.18. The monoisotopic (exact) mass is 718 g/mol. The van der Waals surface area contributed by atoms with Crippen LogP contribution in [0.3, 0.4) is 0 Å². The molecular weight excluding hydrogens is 673 g/mol. The molecule has 11 heteroatoms. The number of alkyl halides is 3. The molecule has 5 rings (SSSR count). The molecule has 52 heavy (non-hydrogen) atoms. The van der Waals surface area contributed by atoms with Gasteiger partial charge in [0.25, 0.3) is 0 Å². The summed E-state index contributed by atoms with van der Waals surface area (Å²) < 4.78 is 69.8. The lowest BCUT2D eigenvalue weighted by Crippen LogP contribution is -2.75. The number of benzene rings is 4. The average molecular weight is 719 g/mol. The first-order valence-corrected chi connectivity index (χ1v) is 17.2. The van der Waals surface area contributed by atoms with Crippen molar-refractivity contribution in [2.24, 2.45) is 0 Å². The number of amides is 2. The van der Waals surface area contributed by atoms with Crippen LogP contribution in [-0.2, 0) is 55.0 Å². The van der Waals surface area contributed by atoms with Gasteiger partial charge in [-0.15, -0.1) is 0 Å². The highest BCUT2D eigenvalue weighted by molar-refractivity contribution is 5.91. The maximum absolute atomic E-state index is 14.7. The lowest BCUT2D eigenvalue weighted by atomic mass is 9.86. The van der Waals surface area contributed by atoms with Crippen molar-refractivity contribution in [3.8, 4) is 0 Å². The molecule has 4 aromatic rings. The van der Waals surface area contributed by atoms with Crippen LogP contribution in [0.2, 0.25) is 0 Å². The van der Waals surface area contributed by atoms with Crippen molar-refractivity contribution in [2.45, 2.75) is 89.3 Å². The summed E-state index contributed by atoms with van der Waals surface area (Å²) in [5, 5.41) is 2.81. The van der Waals surface area contributed by atoms with E-state index in [4.69, 9.17) is 18.9 Å². The Kier molecular flexibility index (Phi) is 13.2. The van der Waals surface area contributed by atoms with E-state index in [0.717, 1.165) is 16.7 Å². The van der Waals surface area contributed by atoms with E-state index < -0.39 is 60.5 Å². The zero-order valence-electron chi connectivity index (χ0n) is 29.5. The Morgan fingerprint density at radius 3 is 1.38 bits per heavy atom. The molecule has 276 valence electrons. The topological polar surface area (TPSA) is 86.3 Å². The third-order valence-electron chi connectivity index (χ3n) is 8.49. The van der Waals surface area contributed by atoms with Crippen molar-refractivity contribution in [3.63, 3.8) is 0 Å². The molecule has 0 bridgehead atoms. The molecule has 0 aliphatic carbocycles. The van der Waals surface area contributed by atoms with Gasteiger partial charge in [0.2, 0.25) is 5.91 Å². The van der Waals surface area contributed by atoms with Crippen LogP contribution in [0.5, 0.6) is 0 Å². The normalized spacial score (nSPS) is 20.7. The van der Waals surface area contributed by atoms with Crippen molar-refractivity contribution in [2.75, 3.05) is 6.61 Å². The molecule has 1 heterocycles. The Morgan fingerprint density at radius 2 is 0.981 bits per heavy atom.